The molecule has 2 aromatic carbocycles. The smallest absolute Gasteiger partial charge is 0.244 e. The first-order valence-electron chi connectivity index (χ1n) is 10.4. The summed E-state index contributed by atoms with van der Waals surface area (Å²) < 4.78 is 39.5. The Morgan fingerprint density at radius 2 is 1.74 bits per heavy atom. The Morgan fingerprint density at radius 1 is 1.09 bits per heavy atom. The van der Waals surface area contributed by atoms with Crippen molar-refractivity contribution in [2.75, 3.05) is 17.1 Å². The zero-order valence-electron chi connectivity index (χ0n) is 19.6. The van der Waals surface area contributed by atoms with Crippen molar-refractivity contribution in [3.8, 4) is 0 Å². The summed E-state index contributed by atoms with van der Waals surface area (Å²) in [5.74, 6) is -1.72. The number of carbonyl (C=O) groups is 2. The fraction of sp³-hybridized carbons (Fsp3) is 0.391. The molecule has 2 amide bonds. The van der Waals surface area contributed by atoms with E-state index in [0.29, 0.717) is 10.6 Å². The number of hydrogen-bond donors (Lipinski definition) is 1. The Bertz CT molecular complexity index is 1170. The average Bonchev–Trinajstić information content (AvgIpc) is 2.70. The molecule has 0 aliphatic rings. The highest BCUT2D eigenvalue weighted by atomic mass is 35.5. The van der Waals surface area contributed by atoms with E-state index < -0.39 is 45.8 Å². The van der Waals surface area contributed by atoms with Crippen molar-refractivity contribution in [1.82, 2.24) is 10.2 Å². The van der Waals surface area contributed by atoms with Gasteiger partial charge in [-0.1, -0.05) is 35.3 Å². The van der Waals surface area contributed by atoms with Crippen molar-refractivity contribution in [2.45, 2.75) is 45.8 Å². The molecule has 1 atom stereocenters. The van der Waals surface area contributed by atoms with Crippen LogP contribution < -0.4 is 9.62 Å². The summed E-state index contributed by atoms with van der Waals surface area (Å²) in [6.45, 7) is 6.30. The fourth-order valence-electron chi connectivity index (χ4n) is 3.14. The lowest BCUT2D eigenvalue weighted by atomic mass is 10.1. The third-order valence-electron chi connectivity index (χ3n) is 4.78. The topological polar surface area (TPSA) is 86.8 Å². The van der Waals surface area contributed by atoms with Crippen molar-refractivity contribution in [3.05, 3.63) is 63.9 Å². The lowest BCUT2D eigenvalue weighted by Gasteiger charge is -2.33. The first-order chi connectivity index (χ1) is 15.6. The quantitative estimate of drug-likeness (QED) is 0.552. The lowest BCUT2D eigenvalue weighted by molar-refractivity contribution is -0.140. The van der Waals surface area contributed by atoms with Gasteiger partial charge in [-0.25, -0.2) is 12.8 Å². The van der Waals surface area contributed by atoms with Crippen LogP contribution in [0.1, 0.15) is 33.3 Å². The zero-order valence-corrected chi connectivity index (χ0v) is 21.9. The van der Waals surface area contributed by atoms with E-state index in [4.69, 9.17) is 23.2 Å². The van der Waals surface area contributed by atoms with Crippen LogP contribution in [0.25, 0.3) is 0 Å². The summed E-state index contributed by atoms with van der Waals surface area (Å²) in [6, 6.07) is 8.77. The van der Waals surface area contributed by atoms with Crippen molar-refractivity contribution in [2.24, 2.45) is 0 Å². The largest absolute Gasteiger partial charge is 0.350 e. The van der Waals surface area contributed by atoms with Crippen LogP contribution in [0.3, 0.4) is 0 Å². The van der Waals surface area contributed by atoms with Crippen molar-refractivity contribution in [1.29, 1.82) is 0 Å². The zero-order chi connectivity index (χ0) is 25.8. The molecule has 1 N–H and O–H groups in total. The van der Waals surface area contributed by atoms with Crippen molar-refractivity contribution >= 4 is 50.7 Å². The normalized spacial score (nSPS) is 12.7. The summed E-state index contributed by atoms with van der Waals surface area (Å²) in [5.41, 5.74) is 0.0382. The van der Waals surface area contributed by atoms with Gasteiger partial charge in [-0.15, -0.1) is 0 Å². The number of sulfonamides is 1. The SMILES string of the molecule is CC(C(=O)NC(C)(C)C)N(Cc1ccc(Cl)c(Cl)c1)C(=O)CN(c1cccc(F)c1)S(C)(=O)=O. The molecule has 0 aliphatic heterocycles. The maximum Gasteiger partial charge on any atom is 0.244 e. The minimum atomic E-state index is -3.94. The standard InChI is InChI=1S/C23H28Cl2FN3O4S/c1-15(22(31)27-23(2,3)4)28(13-16-9-10-19(24)20(25)11-16)21(30)14-29(34(5,32)33)18-8-6-7-17(26)12-18/h6-12,15H,13-14H2,1-5H3,(H,27,31). The van der Waals surface area contributed by atoms with Crippen LogP contribution in [0.4, 0.5) is 10.1 Å². The highest BCUT2D eigenvalue weighted by Crippen LogP contribution is 2.24. The Balaban J connectivity index is 2.43. The molecule has 11 heteroatoms. The molecule has 0 saturated heterocycles. The molecule has 0 fully saturated rings. The van der Waals surface area contributed by atoms with Gasteiger partial charge in [0.05, 0.1) is 22.0 Å². The lowest BCUT2D eigenvalue weighted by Crippen LogP contribution is -2.54. The van der Waals surface area contributed by atoms with Gasteiger partial charge < -0.3 is 10.2 Å². The van der Waals surface area contributed by atoms with Gasteiger partial charge >= 0.3 is 0 Å². The second-order valence-corrected chi connectivity index (χ2v) is 11.7. The second-order valence-electron chi connectivity index (χ2n) is 8.93. The monoisotopic (exact) mass is 531 g/mol. The van der Waals surface area contributed by atoms with Gasteiger partial charge in [0.2, 0.25) is 21.8 Å². The highest BCUT2D eigenvalue weighted by molar-refractivity contribution is 7.92. The van der Waals surface area contributed by atoms with E-state index in [-0.39, 0.29) is 17.3 Å². The first kappa shape index (κ1) is 27.9. The van der Waals surface area contributed by atoms with E-state index in [1.165, 1.54) is 23.1 Å². The number of anilines is 1. The Hall–Kier alpha value is -2.36. The van der Waals surface area contributed by atoms with Gasteiger partial charge in [-0.3, -0.25) is 13.9 Å². The van der Waals surface area contributed by atoms with E-state index in [9.17, 15) is 22.4 Å². The molecule has 0 aromatic heterocycles. The molecule has 0 saturated carbocycles. The van der Waals surface area contributed by atoms with Gasteiger partial charge in [-0.05, 0) is 63.6 Å². The molecule has 0 spiro atoms. The number of nitrogens with zero attached hydrogens (tertiary/aromatic N) is 2. The third-order valence-corrected chi connectivity index (χ3v) is 6.66. The predicted octanol–water partition coefficient (Wildman–Crippen LogP) is 4.23. The molecule has 0 radical (unpaired) electrons. The minimum absolute atomic E-state index is 0.00265. The van der Waals surface area contributed by atoms with Crippen LogP contribution in [0, 0.1) is 5.82 Å². The first-order valence-corrected chi connectivity index (χ1v) is 13.0. The molecule has 0 heterocycles. The summed E-state index contributed by atoms with van der Waals surface area (Å²) in [5, 5.41) is 3.43. The minimum Gasteiger partial charge on any atom is -0.350 e. The number of hydrogen-bond acceptors (Lipinski definition) is 4. The van der Waals surface area contributed by atoms with Crippen LogP contribution in [0.15, 0.2) is 42.5 Å². The molecule has 186 valence electrons. The van der Waals surface area contributed by atoms with E-state index in [1.54, 1.807) is 45.9 Å². The number of halogens is 3. The van der Waals surface area contributed by atoms with Crippen LogP contribution in [-0.4, -0.2) is 49.5 Å². The molecule has 2 aromatic rings. The number of nitrogens with one attached hydrogen (secondary N) is 1. The molecule has 7 nitrogen and oxygen atoms in total. The van der Waals surface area contributed by atoms with Crippen LogP contribution in [0.5, 0.6) is 0 Å². The summed E-state index contributed by atoms with van der Waals surface area (Å²) in [6.07, 6.45) is 0.921. The number of benzene rings is 2. The molecule has 0 aliphatic carbocycles. The van der Waals surface area contributed by atoms with E-state index >= 15 is 0 Å². The average molecular weight is 532 g/mol. The highest BCUT2D eigenvalue weighted by Gasteiger charge is 2.31. The number of amides is 2. The maximum atomic E-state index is 13.8. The summed E-state index contributed by atoms with van der Waals surface area (Å²) >= 11 is 12.1. The predicted molar refractivity (Wildman–Crippen MR) is 133 cm³/mol. The van der Waals surface area contributed by atoms with Gasteiger partial charge in [0.25, 0.3) is 0 Å². The molecule has 0 bridgehead atoms. The number of carbonyl (C=O) groups excluding carboxylic acids is 2. The number of rotatable bonds is 8. The van der Waals surface area contributed by atoms with Gasteiger partial charge in [0.1, 0.15) is 18.4 Å². The molecular weight excluding hydrogens is 504 g/mol. The van der Waals surface area contributed by atoms with Gasteiger partial charge in [0.15, 0.2) is 0 Å². The van der Waals surface area contributed by atoms with E-state index in [1.807, 2.05) is 0 Å². The van der Waals surface area contributed by atoms with Crippen LogP contribution in [-0.2, 0) is 26.2 Å². The van der Waals surface area contributed by atoms with Crippen LogP contribution >= 0.6 is 23.2 Å². The third kappa shape index (κ3) is 7.85. The maximum absolute atomic E-state index is 13.8. The Labute approximate surface area is 209 Å². The van der Waals surface area contributed by atoms with Crippen molar-refractivity contribution in [3.63, 3.8) is 0 Å². The summed E-state index contributed by atoms with van der Waals surface area (Å²) in [7, 11) is -3.94. The molecule has 2 rings (SSSR count). The van der Waals surface area contributed by atoms with E-state index in [2.05, 4.69) is 5.32 Å². The molecule has 1 unspecified atom stereocenters. The van der Waals surface area contributed by atoms with E-state index in [0.717, 1.165) is 16.6 Å². The molecular formula is C23H28Cl2FN3O4S. The second kappa shape index (κ2) is 10.9. The Kier molecular flexibility index (Phi) is 8.96. The van der Waals surface area contributed by atoms with Gasteiger partial charge in [-0.2, -0.15) is 0 Å². The molecule has 34 heavy (non-hydrogen) atoms. The fourth-order valence-corrected chi connectivity index (χ4v) is 4.30. The van der Waals surface area contributed by atoms with Crippen LogP contribution in [0.2, 0.25) is 10.0 Å². The van der Waals surface area contributed by atoms with Crippen molar-refractivity contribution < 1.29 is 22.4 Å². The Morgan fingerprint density at radius 3 is 2.26 bits per heavy atom. The van der Waals surface area contributed by atoms with Gasteiger partial charge in [0, 0.05) is 12.1 Å². The summed E-state index contributed by atoms with van der Waals surface area (Å²) in [4.78, 5) is 27.5.